The zero-order valence-corrected chi connectivity index (χ0v) is 17.0. The fraction of sp³-hybridized carbons (Fsp3) is 0.381. The number of nitrogens with zero attached hydrogens (tertiary/aromatic N) is 2. The lowest BCUT2D eigenvalue weighted by atomic mass is 9.96. The lowest BCUT2D eigenvalue weighted by Gasteiger charge is -2.28. The van der Waals surface area contributed by atoms with Crippen molar-refractivity contribution in [2.45, 2.75) is 51.0 Å². The van der Waals surface area contributed by atoms with Crippen LogP contribution in [-0.2, 0) is 4.79 Å². The summed E-state index contributed by atoms with van der Waals surface area (Å²) in [6, 6.07) is 6.86. The Morgan fingerprint density at radius 3 is 2.68 bits per heavy atom. The van der Waals surface area contributed by atoms with E-state index in [1.54, 1.807) is 35.2 Å². The summed E-state index contributed by atoms with van der Waals surface area (Å²) in [5.41, 5.74) is 0.296. The van der Waals surface area contributed by atoms with Crippen LogP contribution in [0, 0.1) is 5.95 Å². The summed E-state index contributed by atoms with van der Waals surface area (Å²) in [7, 11) is 0. The van der Waals surface area contributed by atoms with Crippen molar-refractivity contribution in [2.75, 3.05) is 0 Å². The predicted molar refractivity (Wildman–Crippen MR) is 113 cm³/mol. The molecule has 1 aliphatic heterocycles. The topological polar surface area (TPSA) is 46.3 Å². The van der Waals surface area contributed by atoms with Gasteiger partial charge in [0.25, 0.3) is 5.91 Å². The Balaban J connectivity index is 1.53. The van der Waals surface area contributed by atoms with Gasteiger partial charge < -0.3 is 4.42 Å². The molecule has 1 saturated heterocycles. The van der Waals surface area contributed by atoms with Gasteiger partial charge in [0.05, 0.1) is 10.5 Å². The summed E-state index contributed by atoms with van der Waals surface area (Å²) >= 11 is 6.82. The second kappa shape index (κ2) is 8.57. The molecule has 28 heavy (non-hydrogen) atoms. The van der Waals surface area contributed by atoms with Gasteiger partial charge in [-0.2, -0.15) is 4.39 Å². The number of rotatable bonds is 3. The van der Waals surface area contributed by atoms with E-state index in [0.717, 1.165) is 25.7 Å². The average molecular weight is 417 g/mol. The van der Waals surface area contributed by atoms with Crippen molar-refractivity contribution >= 4 is 40.3 Å². The lowest BCUT2D eigenvalue weighted by Crippen LogP contribution is -2.39. The molecule has 4 nitrogen and oxygen atoms in total. The van der Waals surface area contributed by atoms with Crippen LogP contribution < -0.4 is 0 Å². The van der Waals surface area contributed by atoms with Crippen LogP contribution in [0.15, 0.2) is 39.8 Å². The van der Waals surface area contributed by atoms with Crippen molar-refractivity contribution in [1.82, 2.24) is 9.88 Å². The van der Waals surface area contributed by atoms with Gasteiger partial charge in [-0.1, -0.05) is 56.1 Å². The zero-order valence-electron chi connectivity index (χ0n) is 15.4. The number of hydrogen-bond acceptors (Lipinski definition) is 5. The molecular formula is C21H21FN2O2S2. The summed E-state index contributed by atoms with van der Waals surface area (Å²) in [5.74, 6) is 0.244. The Hall–Kier alpha value is -1.99. The molecule has 0 bridgehead atoms. The molecule has 1 aliphatic carbocycles. The third kappa shape index (κ3) is 4.05. The number of thioether (sulfide) groups is 1. The maximum atomic E-state index is 13.9. The minimum absolute atomic E-state index is 0.0499. The number of carbonyl (C=O) groups excluding carboxylic acids is 1. The summed E-state index contributed by atoms with van der Waals surface area (Å²) in [6.07, 6.45) is 11.1. The Morgan fingerprint density at radius 2 is 1.93 bits per heavy atom. The maximum absolute atomic E-state index is 13.9. The highest BCUT2D eigenvalue weighted by atomic mass is 32.2. The molecule has 0 radical (unpaired) electrons. The smallest absolute Gasteiger partial charge is 0.266 e. The molecule has 0 unspecified atom stereocenters. The second-order valence-corrected chi connectivity index (χ2v) is 8.77. The van der Waals surface area contributed by atoms with E-state index < -0.39 is 5.95 Å². The molecule has 3 heterocycles. The molecule has 0 N–H and O–H groups in total. The first-order valence-electron chi connectivity index (χ1n) is 9.61. The van der Waals surface area contributed by atoms with Gasteiger partial charge in [-0.05, 0) is 37.1 Å². The molecule has 1 saturated carbocycles. The van der Waals surface area contributed by atoms with Crippen LogP contribution >= 0.6 is 24.0 Å². The molecule has 2 aliphatic rings. The Bertz CT molecular complexity index is 917. The number of carbonyl (C=O) groups is 1. The van der Waals surface area contributed by atoms with Gasteiger partial charge in [0, 0.05) is 18.3 Å². The van der Waals surface area contributed by atoms with Crippen molar-refractivity contribution in [3.8, 4) is 11.3 Å². The SMILES string of the molecule is O=C1C(=Cc2ccc(-c3cccnc3F)o2)SC(=S)N1C1CCCCCCC1. The number of furan rings is 1. The number of amides is 1. The first kappa shape index (κ1) is 19.3. The highest BCUT2D eigenvalue weighted by Crippen LogP contribution is 2.37. The summed E-state index contributed by atoms with van der Waals surface area (Å²) in [4.78, 5) is 19.0. The summed E-state index contributed by atoms with van der Waals surface area (Å²) in [6.45, 7) is 0. The van der Waals surface area contributed by atoms with Gasteiger partial charge >= 0.3 is 0 Å². The molecule has 2 fully saturated rings. The molecule has 146 valence electrons. The fourth-order valence-corrected chi connectivity index (χ4v) is 5.14. The Kier molecular flexibility index (Phi) is 5.92. The largest absolute Gasteiger partial charge is 0.457 e. The van der Waals surface area contributed by atoms with E-state index in [9.17, 15) is 9.18 Å². The molecule has 0 atom stereocenters. The van der Waals surface area contributed by atoms with Crippen molar-refractivity contribution in [3.05, 3.63) is 47.1 Å². The first-order valence-corrected chi connectivity index (χ1v) is 10.8. The van der Waals surface area contributed by atoms with Crippen LogP contribution in [0.2, 0.25) is 0 Å². The van der Waals surface area contributed by atoms with Crippen molar-refractivity contribution in [3.63, 3.8) is 0 Å². The Labute approximate surface area is 173 Å². The van der Waals surface area contributed by atoms with Crippen LogP contribution in [-0.4, -0.2) is 26.2 Å². The third-order valence-electron chi connectivity index (χ3n) is 5.19. The van der Waals surface area contributed by atoms with E-state index >= 15 is 0 Å². The highest BCUT2D eigenvalue weighted by Gasteiger charge is 2.37. The van der Waals surface area contributed by atoms with Gasteiger partial charge in [-0.15, -0.1) is 0 Å². The molecule has 0 aromatic carbocycles. The van der Waals surface area contributed by atoms with Crippen LogP contribution in [0.25, 0.3) is 17.4 Å². The summed E-state index contributed by atoms with van der Waals surface area (Å²) < 4.78 is 20.2. The highest BCUT2D eigenvalue weighted by molar-refractivity contribution is 8.26. The second-order valence-electron chi connectivity index (χ2n) is 7.09. The van der Waals surface area contributed by atoms with E-state index in [-0.39, 0.29) is 11.9 Å². The van der Waals surface area contributed by atoms with Gasteiger partial charge in [-0.25, -0.2) is 4.98 Å². The predicted octanol–water partition coefficient (Wildman–Crippen LogP) is 5.79. The molecule has 0 spiro atoms. The number of hydrogen-bond donors (Lipinski definition) is 0. The molecular weight excluding hydrogens is 395 g/mol. The quantitative estimate of drug-likeness (QED) is 0.360. The van der Waals surface area contributed by atoms with E-state index in [4.69, 9.17) is 16.6 Å². The number of pyridine rings is 1. The maximum Gasteiger partial charge on any atom is 0.266 e. The Morgan fingerprint density at radius 1 is 1.18 bits per heavy atom. The van der Waals surface area contributed by atoms with Crippen LogP contribution in [0.5, 0.6) is 0 Å². The van der Waals surface area contributed by atoms with E-state index in [1.165, 1.54) is 37.2 Å². The van der Waals surface area contributed by atoms with Crippen LogP contribution in [0.4, 0.5) is 4.39 Å². The average Bonchev–Trinajstić information content (AvgIpc) is 3.21. The van der Waals surface area contributed by atoms with Crippen molar-refractivity contribution < 1.29 is 13.6 Å². The van der Waals surface area contributed by atoms with Crippen LogP contribution in [0.3, 0.4) is 0 Å². The zero-order chi connectivity index (χ0) is 19.5. The van der Waals surface area contributed by atoms with Gasteiger partial charge in [0.1, 0.15) is 15.8 Å². The van der Waals surface area contributed by atoms with Crippen molar-refractivity contribution in [2.24, 2.45) is 0 Å². The molecule has 1 amide bonds. The van der Waals surface area contributed by atoms with Crippen molar-refractivity contribution in [1.29, 1.82) is 0 Å². The standard InChI is InChI=1S/C21H21FN2O2S2/c22-19-16(9-6-12-23-19)17-11-10-15(26-17)13-18-20(25)24(21(27)28-18)14-7-4-2-1-3-5-8-14/h6,9-14H,1-5,7-8H2. The number of aromatic nitrogens is 1. The molecule has 2 aromatic rings. The summed E-state index contributed by atoms with van der Waals surface area (Å²) in [5, 5.41) is 0. The van der Waals surface area contributed by atoms with Gasteiger partial charge in [0.15, 0.2) is 0 Å². The lowest BCUT2D eigenvalue weighted by molar-refractivity contribution is -0.123. The minimum Gasteiger partial charge on any atom is -0.457 e. The van der Waals surface area contributed by atoms with E-state index in [1.807, 2.05) is 0 Å². The van der Waals surface area contributed by atoms with Crippen LogP contribution in [0.1, 0.15) is 50.7 Å². The molecule has 7 heteroatoms. The number of thiocarbonyl (C=S) groups is 1. The van der Waals surface area contributed by atoms with E-state index in [2.05, 4.69) is 4.98 Å². The fourth-order valence-electron chi connectivity index (χ4n) is 3.76. The normalized spacial score (nSPS) is 20.6. The molecule has 2 aromatic heterocycles. The minimum atomic E-state index is -0.584. The molecule has 4 rings (SSSR count). The third-order valence-corrected chi connectivity index (χ3v) is 6.52. The first-order chi connectivity index (χ1) is 13.6. The number of halogens is 1. The monoisotopic (exact) mass is 416 g/mol. The van der Waals surface area contributed by atoms with E-state index in [0.29, 0.717) is 26.3 Å². The van der Waals surface area contributed by atoms with Gasteiger partial charge in [0.2, 0.25) is 5.95 Å². The van der Waals surface area contributed by atoms with Gasteiger partial charge in [-0.3, -0.25) is 9.69 Å².